The summed E-state index contributed by atoms with van der Waals surface area (Å²) in [5.74, 6) is -0.364. The largest absolute Gasteiger partial charge is 0.397 e. The van der Waals surface area contributed by atoms with E-state index < -0.39 is 0 Å². The van der Waals surface area contributed by atoms with Gasteiger partial charge in [0.05, 0.1) is 23.0 Å². The number of rotatable bonds is 4. The van der Waals surface area contributed by atoms with Crippen molar-refractivity contribution in [2.24, 2.45) is 0 Å². The third-order valence-corrected chi connectivity index (χ3v) is 3.20. The number of halogens is 1. The Morgan fingerprint density at radius 2 is 2.00 bits per heavy atom. The van der Waals surface area contributed by atoms with E-state index in [4.69, 9.17) is 11.0 Å². The Hall–Kier alpha value is -2.54. The molecule has 0 unspecified atom stereocenters. The van der Waals surface area contributed by atoms with Crippen LogP contribution in [-0.2, 0) is 6.54 Å². The number of nitrogens with two attached hydrogens (primary N) is 1. The van der Waals surface area contributed by atoms with Gasteiger partial charge in [-0.25, -0.2) is 4.39 Å². The minimum Gasteiger partial charge on any atom is -0.397 e. The van der Waals surface area contributed by atoms with Crippen LogP contribution in [0.25, 0.3) is 0 Å². The molecule has 2 aromatic carbocycles. The van der Waals surface area contributed by atoms with Crippen molar-refractivity contribution >= 4 is 11.4 Å². The van der Waals surface area contributed by atoms with Gasteiger partial charge in [-0.3, -0.25) is 0 Å². The Balaban J connectivity index is 2.28. The van der Waals surface area contributed by atoms with E-state index in [0.29, 0.717) is 29.9 Å². The lowest BCUT2D eigenvalue weighted by Gasteiger charge is -2.24. The Bertz CT molecular complexity index is 646. The molecule has 0 amide bonds. The number of para-hydroxylation sites is 2. The number of nitriles is 1. The van der Waals surface area contributed by atoms with Gasteiger partial charge < -0.3 is 10.6 Å². The topological polar surface area (TPSA) is 53.0 Å². The summed E-state index contributed by atoms with van der Waals surface area (Å²) in [4.78, 5) is 2.00. The van der Waals surface area contributed by atoms with Crippen LogP contribution in [0.1, 0.15) is 18.1 Å². The van der Waals surface area contributed by atoms with Gasteiger partial charge in [-0.15, -0.1) is 0 Å². The summed E-state index contributed by atoms with van der Waals surface area (Å²) in [5, 5.41) is 8.75. The molecule has 3 nitrogen and oxygen atoms in total. The Morgan fingerprint density at radius 3 is 2.60 bits per heavy atom. The smallest absolute Gasteiger partial charge is 0.129 e. The lowest BCUT2D eigenvalue weighted by molar-refractivity contribution is 0.605. The van der Waals surface area contributed by atoms with Crippen molar-refractivity contribution in [2.75, 3.05) is 17.2 Å². The summed E-state index contributed by atoms with van der Waals surface area (Å²) < 4.78 is 13.9. The maximum atomic E-state index is 13.9. The van der Waals surface area contributed by atoms with Crippen molar-refractivity contribution in [3.05, 3.63) is 59.4 Å². The molecule has 0 saturated heterocycles. The molecule has 0 bridgehead atoms. The van der Waals surface area contributed by atoms with Gasteiger partial charge in [0, 0.05) is 18.7 Å². The van der Waals surface area contributed by atoms with E-state index in [1.807, 2.05) is 42.2 Å². The second-order valence-corrected chi connectivity index (χ2v) is 4.49. The first kappa shape index (κ1) is 13.9. The predicted octanol–water partition coefficient (Wildman–Crippen LogP) is 3.31. The van der Waals surface area contributed by atoms with Crippen LogP contribution >= 0.6 is 0 Å². The van der Waals surface area contributed by atoms with Crippen LogP contribution in [0.5, 0.6) is 0 Å². The van der Waals surface area contributed by atoms with Gasteiger partial charge in [0.25, 0.3) is 0 Å². The molecule has 2 N–H and O–H groups in total. The van der Waals surface area contributed by atoms with E-state index in [9.17, 15) is 4.39 Å². The summed E-state index contributed by atoms with van der Waals surface area (Å²) in [6.07, 6.45) is 0. The molecular formula is C16H16FN3. The van der Waals surface area contributed by atoms with E-state index in [2.05, 4.69) is 0 Å². The van der Waals surface area contributed by atoms with Crippen molar-refractivity contribution in [2.45, 2.75) is 13.5 Å². The number of anilines is 2. The molecular weight excluding hydrogens is 253 g/mol. The van der Waals surface area contributed by atoms with Gasteiger partial charge >= 0.3 is 0 Å². The highest BCUT2D eigenvalue weighted by molar-refractivity contribution is 5.67. The molecule has 0 radical (unpaired) electrons. The van der Waals surface area contributed by atoms with Gasteiger partial charge in [0.15, 0.2) is 0 Å². The number of benzene rings is 2. The van der Waals surface area contributed by atoms with E-state index in [-0.39, 0.29) is 5.82 Å². The number of nitrogens with zero attached hydrogens (tertiary/aromatic N) is 2. The highest BCUT2D eigenvalue weighted by Gasteiger charge is 2.11. The van der Waals surface area contributed by atoms with Crippen LogP contribution in [0.4, 0.5) is 15.8 Å². The Labute approximate surface area is 118 Å². The summed E-state index contributed by atoms with van der Waals surface area (Å²) in [5.41, 5.74) is 8.39. The molecule has 102 valence electrons. The van der Waals surface area contributed by atoms with Gasteiger partial charge in [-0.05, 0) is 31.2 Å². The molecule has 2 rings (SSSR count). The zero-order valence-corrected chi connectivity index (χ0v) is 11.3. The second-order valence-electron chi connectivity index (χ2n) is 4.49. The summed E-state index contributed by atoms with van der Waals surface area (Å²) in [6, 6.07) is 14.0. The Morgan fingerprint density at radius 1 is 1.25 bits per heavy atom. The fraction of sp³-hybridized carbons (Fsp3) is 0.188. The average Bonchev–Trinajstić information content (AvgIpc) is 2.47. The Kier molecular flexibility index (Phi) is 4.21. The molecule has 0 aromatic heterocycles. The summed E-state index contributed by atoms with van der Waals surface area (Å²) >= 11 is 0. The maximum Gasteiger partial charge on any atom is 0.129 e. The molecule has 0 heterocycles. The molecule has 0 aliphatic heterocycles. The standard InChI is InChI=1S/C16H16FN3/c1-2-20(16-6-4-3-5-15(16)19)11-13-8-7-12(10-18)9-14(13)17/h3-9H,2,11,19H2,1H3. The van der Waals surface area contributed by atoms with Crippen LogP contribution < -0.4 is 10.6 Å². The van der Waals surface area contributed by atoms with Crippen LogP contribution in [0, 0.1) is 17.1 Å². The lowest BCUT2D eigenvalue weighted by atomic mass is 10.1. The first-order chi connectivity index (χ1) is 9.65. The van der Waals surface area contributed by atoms with Gasteiger partial charge in [-0.2, -0.15) is 5.26 Å². The molecule has 0 saturated carbocycles. The first-order valence-electron chi connectivity index (χ1n) is 6.43. The average molecular weight is 269 g/mol. The molecule has 0 fully saturated rings. The second kappa shape index (κ2) is 6.07. The monoisotopic (exact) mass is 269 g/mol. The van der Waals surface area contributed by atoms with Gasteiger partial charge in [-0.1, -0.05) is 18.2 Å². The quantitative estimate of drug-likeness (QED) is 0.866. The van der Waals surface area contributed by atoms with Crippen LogP contribution in [0.3, 0.4) is 0 Å². The number of nitrogen functional groups attached to an aromatic ring is 1. The van der Waals surface area contributed by atoms with E-state index >= 15 is 0 Å². The van der Waals surface area contributed by atoms with Crippen LogP contribution in [-0.4, -0.2) is 6.54 Å². The molecule has 2 aromatic rings. The molecule has 0 atom stereocenters. The lowest BCUT2D eigenvalue weighted by Crippen LogP contribution is -2.23. The number of hydrogen-bond donors (Lipinski definition) is 1. The third kappa shape index (κ3) is 2.89. The fourth-order valence-corrected chi connectivity index (χ4v) is 2.09. The molecule has 0 aliphatic carbocycles. The van der Waals surface area contributed by atoms with E-state index in [1.54, 1.807) is 12.1 Å². The zero-order chi connectivity index (χ0) is 14.5. The van der Waals surface area contributed by atoms with Crippen molar-refractivity contribution in [1.82, 2.24) is 0 Å². The van der Waals surface area contributed by atoms with E-state index in [1.165, 1.54) is 6.07 Å². The van der Waals surface area contributed by atoms with Gasteiger partial charge in [0.2, 0.25) is 0 Å². The van der Waals surface area contributed by atoms with Crippen molar-refractivity contribution in [3.63, 3.8) is 0 Å². The summed E-state index contributed by atoms with van der Waals surface area (Å²) in [6.45, 7) is 3.13. The van der Waals surface area contributed by atoms with Crippen molar-refractivity contribution in [1.29, 1.82) is 5.26 Å². The van der Waals surface area contributed by atoms with Crippen molar-refractivity contribution in [3.8, 4) is 6.07 Å². The predicted molar refractivity (Wildman–Crippen MR) is 78.7 cm³/mol. The highest BCUT2D eigenvalue weighted by Crippen LogP contribution is 2.24. The van der Waals surface area contributed by atoms with Gasteiger partial charge in [0.1, 0.15) is 5.82 Å². The number of hydrogen-bond acceptors (Lipinski definition) is 3. The minimum atomic E-state index is -0.364. The van der Waals surface area contributed by atoms with Crippen molar-refractivity contribution < 1.29 is 4.39 Å². The van der Waals surface area contributed by atoms with E-state index in [0.717, 1.165) is 5.69 Å². The van der Waals surface area contributed by atoms with Crippen LogP contribution in [0.2, 0.25) is 0 Å². The van der Waals surface area contributed by atoms with Crippen LogP contribution in [0.15, 0.2) is 42.5 Å². The molecule has 20 heavy (non-hydrogen) atoms. The molecule has 0 spiro atoms. The first-order valence-corrected chi connectivity index (χ1v) is 6.43. The minimum absolute atomic E-state index is 0.327. The third-order valence-electron chi connectivity index (χ3n) is 3.20. The normalized spacial score (nSPS) is 10.1. The summed E-state index contributed by atoms with van der Waals surface area (Å²) in [7, 11) is 0. The fourth-order valence-electron chi connectivity index (χ4n) is 2.09. The SMILES string of the molecule is CCN(Cc1ccc(C#N)cc1F)c1ccccc1N. The maximum absolute atomic E-state index is 13.9. The zero-order valence-electron chi connectivity index (χ0n) is 11.3. The highest BCUT2D eigenvalue weighted by atomic mass is 19.1. The molecule has 0 aliphatic rings. The molecule has 4 heteroatoms.